The number of guanidine groups is 1. The van der Waals surface area contributed by atoms with E-state index in [1.807, 2.05) is 56.1 Å². The van der Waals surface area contributed by atoms with Crippen LogP contribution in [0.5, 0.6) is 0 Å². The van der Waals surface area contributed by atoms with E-state index in [0.29, 0.717) is 39.4 Å². The molecule has 1 aromatic heterocycles. The Bertz CT molecular complexity index is 839. The molecule has 2 heterocycles. The maximum atomic E-state index is 13.3. The van der Waals surface area contributed by atoms with Gasteiger partial charge in [-0.3, -0.25) is 9.79 Å². The molecular weight excluding hydrogens is 525 g/mol. The van der Waals surface area contributed by atoms with Gasteiger partial charge in [0.25, 0.3) is 0 Å². The minimum Gasteiger partial charge on any atom is -0.378 e. The molecule has 1 unspecified atom stereocenters. The summed E-state index contributed by atoms with van der Waals surface area (Å²) in [5.41, 5.74) is 2.01. The van der Waals surface area contributed by atoms with Gasteiger partial charge in [-0.15, -0.1) is 35.3 Å². The second-order valence-corrected chi connectivity index (χ2v) is 8.37. The summed E-state index contributed by atoms with van der Waals surface area (Å²) in [6, 6.07) is 9.93. The van der Waals surface area contributed by atoms with Crippen LogP contribution in [0.25, 0.3) is 0 Å². The molecule has 0 bridgehead atoms. The number of aromatic nitrogens is 1. The minimum atomic E-state index is -0.312. The Morgan fingerprint density at radius 3 is 2.65 bits per heavy atom. The van der Waals surface area contributed by atoms with Gasteiger partial charge >= 0.3 is 0 Å². The van der Waals surface area contributed by atoms with Crippen LogP contribution in [0.3, 0.4) is 0 Å². The molecule has 2 aromatic rings. The van der Waals surface area contributed by atoms with E-state index < -0.39 is 0 Å². The summed E-state index contributed by atoms with van der Waals surface area (Å²) in [6.45, 7) is 8.33. The number of nitrogens with one attached hydrogen (secondary N) is 1. The van der Waals surface area contributed by atoms with Gasteiger partial charge in [0.2, 0.25) is 5.91 Å². The quantitative estimate of drug-likeness (QED) is 0.322. The summed E-state index contributed by atoms with van der Waals surface area (Å²) in [7, 11) is 2.00. The number of aliphatic imine (C=N–C) groups is 1. The van der Waals surface area contributed by atoms with Crippen LogP contribution in [0, 0.1) is 6.92 Å². The van der Waals surface area contributed by atoms with Gasteiger partial charge in [-0.1, -0.05) is 30.3 Å². The first-order valence-electron chi connectivity index (χ1n) is 10.4. The molecule has 1 amide bonds. The number of hydrogen-bond acceptors (Lipinski definition) is 5. The molecule has 3 rings (SSSR count). The monoisotopic (exact) mass is 557 g/mol. The molecule has 1 N–H and O–H groups in total. The Balaban J connectivity index is 0.00000341. The van der Waals surface area contributed by atoms with E-state index in [9.17, 15) is 4.79 Å². The van der Waals surface area contributed by atoms with Crippen LogP contribution in [0.1, 0.15) is 29.1 Å². The van der Waals surface area contributed by atoms with E-state index in [-0.39, 0.29) is 35.8 Å². The number of carbonyl (C=O) groups excluding carboxylic acids is 1. The van der Waals surface area contributed by atoms with Crippen molar-refractivity contribution in [2.75, 3.05) is 46.4 Å². The fourth-order valence-corrected chi connectivity index (χ4v) is 4.07. The number of nitrogens with zero attached hydrogens (tertiary/aromatic N) is 4. The van der Waals surface area contributed by atoms with Crippen LogP contribution in [-0.4, -0.2) is 73.1 Å². The number of halogens is 1. The first-order valence-corrected chi connectivity index (χ1v) is 11.3. The van der Waals surface area contributed by atoms with Crippen molar-refractivity contribution in [1.82, 2.24) is 20.1 Å². The standard InChI is InChI=1S/C22H31N5O2S.HI/c1-4-23-22(26(3)15-19-16-30-17(2)25-19)24-14-20(18-8-6-5-7-9-18)21(28)27-10-12-29-13-11-27;/h5-9,16,20H,4,10-15H2,1-3H3,(H,23,24);1H. The summed E-state index contributed by atoms with van der Waals surface area (Å²) < 4.78 is 5.41. The van der Waals surface area contributed by atoms with E-state index >= 15 is 0 Å². The van der Waals surface area contributed by atoms with E-state index in [1.165, 1.54) is 0 Å². The third-order valence-electron chi connectivity index (χ3n) is 5.01. The molecule has 0 spiro atoms. The van der Waals surface area contributed by atoms with E-state index in [1.54, 1.807) is 11.3 Å². The second-order valence-electron chi connectivity index (χ2n) is 7.31. The SMILES string of the molecule is CCNC(=NCC(C(=O)N1CCOCC1)c1ccccc1)N(C)Cc1csc(C)n1.I. The summed E-state index contributed by atoms with van der Waals surface area (Å²) in [5, 5.41) is 6.47. The Morgan fingerprint density at radius 2 is 2.03 bits per heavy atom. The average Bonchev–Trinajstić information content (AvgIpc) is 3.18. The molecule has 9 heteroatoms. The highest BCUT2D eigenvalue weighted by molar-refractivity contribution is 14.0. The van der Waals surface area contributed by atoms with Crippen LogP contribution in [0.4, 0.5) is 0 Å². The molecular formula is C22H32IN5O2S. The Labute approximate surface area is 205 Å². The van der Waals surface area contributed by atoms with Gasteiger partial charge in [0.1, 0.15) is 0 Å². The van der Waals surface area contributed by atoms with Gasteiger partial charge in [-0.25, -0.2) is 4.98 Å². The Morgan fingerprint density at radius 1 is 1.32 bits per heavy atom. The molecule has 1 saturated heterocycles. The van der Waals surface area contributed by atoms with Crippen molar-refractivity contribution in [3.8, 4) is 0 Å². The summed E-state index contributed by atoms with van der Waals surface area (Å²) in [5.74, 6) is 0.577. The smallest absolute Gasteiger partial charge is 0.232 e. The highest BCUT2D eigenvalue weighted by atomic mass is 127. The molecule has 170 valence electrons. The van der Waals surface area contributed by atoms with Crippen LogP contribution in [0.15, 0.2) is 40.7 Å². The molecule has 1 aliphatic heterocycles. The molecule has 0 aliphatic carbocycles. The highest BCUT2D eigenvalue weighted by Crippen LogP contribution is 2.20. The lowest BCUT2D eigenvalue weighted by molar-refractivity contribution is -0.136. The number of ether oxygens (including phenoxy) is 1. The largest absolute Gasteiger partial charge is 0.378 e. The highest BCUT2D eigenvalue weighted by Gasteiger charge is 2.27. The van der Waals surface area contributed by atoms with Crippen LogP contribution < -0.4 is 5.32 Å². The molecule has 31 heavy (non-hydrogen) atoms. The number of carbonyl (C=O) groups is 1. The van der Waals surface area contributed by atoms with Gasteiger partial charge < -0.3 is 19.9 Å². The zero-order valence-electron chi connectivity index (χ0n) is 18.4. The van der Waals surface area contributed by atoms with Crippen molar-refractivity contribution in [1.29, 1.82) is 0 Å². The maximum absolute atomic E-state index is 13.3. The number of amides is 1. The van der Waals surface area contributed by atoms with Crippen molar-refractivity contribution in [2.24, 2.45) is 4.99 Å². The van der Waals surface area contributed by atoms with Crippen LogP contribution in [0.2, 0.25) is 0 Å². The predicted octanol–water partition coefficient (Wildman–Crippen LogP) is 3.11. The summed E-state index contributed by atoms with van der Waals surface area (Å²) in [4.78, 5) is 26.6. The molecule has 0 saturated carbocycles. The fourth-order valence-electron chi connectivity index (χ4n) is 3.46. The number of morpholine rings is 1. The average molecular weight is 558 g/mol. The van der Waals surface area contributed by atoms with Gasteiger partial charge in [-0.05, 0) is 19.4 Å². The van der Waals surface area contributed by atoms with Crippen molar-refractivity contribution in [3.63, 3.8) is 0 Å². The molecule has 1 aliphatic rings. The molecule has 7 nitrogen and oxygen atoms in total. The van der Waals surface area contributed by atoms with Gasteiger partial charge in [0.15, 0.2) is 5.96 Å². The zero-order valence-corrected chi connectivity index (χ0v) is 21.6. The Kier molecular flexibility index (Phi) is 10.7. The predicted molar refractivity (Wildman–Crippen MR) is 136 cm³/mol. The number of rotatable bonds is 7. The van der Waals surface area contributed by atoms with E-state index in [0.717, 1.165) is 28.8 Å². The van der Waals surface area contributed by atoms with E-state index in [4.69, 9.17) is 9.73 Å². The molecule has 1 atom stereocenters. The van der Waals surface area contributed by atoms with Crippen LogP contribution in [-0.2, 0) is 16.1 Å². The maximum Gasteiger partial charge on any atom is 0.232 e. The molecule has 1 aromatic carbocycles. The van der Waals surface area contributed by atoms with Crippen LogP contribution >= 0.6 is 35.3 Å². The van der Waals surface area contributed by atoms with Gasteiger partial charge in [-0.2, -0.15) is 0 Å². The lowest BCUT2D eigenvalue weighted by Gasteiger charge is -2.30. The number of thiazole rings is 1. The third kappa shape index (κ3) is 7.43. The lowest BCUT2D eigenvalue weighted by Crippen LogP contribution is -2.44. The normalized spacial score (nSPS) is 15.2. The van der Waals surface area contributed by atoms with Crippen molar-refractivity contribution in [3.05, 3.63) is 52.0 Å². The third-order valence-corrected chi connectivity index (χ3v) is 5.83. The minimum absolute atomic E-state index is 0. The zero-order chi connectivity index (χ0) is 21.3. The van der Waals surface area contributed by atoms with Gasteiger partial charge in [0, 0.05) is 32.1 Å². The van der Waals surface area contributed by atoms with Gasteiger partial charge in [0.05, 0.1) is 42.9 Å². The Hall–Kier alpha value is -1.72. The number of benzene rings is 1. The summed E-state index contributed by atoms with van der Waals surface area (Å²) in [6.07, 6.45) is 0. The molecule has 1 fully saturated rings. The lowest BCUT2D eigenvalue weighted by atomic mass is 9.97. The molecule has 0 radical (unpaired) electrons. The number of hydrogen-bond donors (Lipinski definition) is 1. The van der Waals surface area contributed by atoms with Crippen molar-refractivity contribution < 1.29 is 9.53 Å². The number of aryl methyl sites for hydroxylation is 1. The second kappa shape index (κ2) is 13.0. The summed E-state index contributed by atoms with van der Waals surface area (Å²) >= 11 is 1.65. The fraction of sp³-hybridized carbons (Fsp3) is 0.500. The van der Waals surface area contributed by atoms with Crippen molar-refractivity contribution in [2.45, 2.75) is 26.3 Å². The first kappa shape index (κ1) is 25.5. The first-order chi connectivity index (χ1) is 14.6. The van der Waals surface area contributed by atoms with Crippen molar-refractivity contribution >= 4 is 47.2 Å². The van der Waals surface area contributed by atoms with E-state index in [2.05, 4.69) is 20.6 Å². The topological polar surface area (TPSA) is 70.1 Å².